The highest BCUT2D eigenvalue weighted by atomic mass is 28.4. The molecule has 1 rings (SSSR count). The van der Waals surface area contributed by atoms with Crippen LogP contribution in [0.15, 0.2) is 18.3 Å². The molecule has 0 saturated heterocycles. The highest BCUT2D eigenvalue weighted by Gasteiger charge is 2.45. The molecule has 8 heteroatoms. The zero-order chi connectivity index (χ0) is 21.5. The van der Waals surface area contributed by atoms with E-state index in [4.69, 9.17) is 9.16 Å². The summed E-state index contributed by atoms with van der Waals surface area (Å²) >= 11 is 0. The van der Waals surface area contributed by atoms with Gasteiger partial charge >= 0.3 is 0 Å². The SMILES string of the molecule is CC(C)[Si](OC[C@H](C)OCC(O)C(=O)Nc1ccc(F)cn1)(C(C)C)C(C)C. The van der Waals surface area contributed by atoms with E-state index in [9.17, 15) is 14.3 Å². The fourth-order valence-corrected chi connectivity index (χ4v) is 9.32. The minimum absolute atomic E-state index is 0.156. The van der Waals surface area contributed by atoms with Crippen LogP contribution in [0.4, 0.5) is 10.2 Å². The van der Waals surface area contributed by atoms with E-state index in [-0.39, 0.29) is 18.5 Å². The molecule has 0 aliphatic carbocycles. The van der Waals surface area contributed by atoms with Crippen molar-refractivity contribution in [2.24, 2.45) is 0 Å². The first kappa shape index (κ1) is 24.7. The Morgan fingerprint density at radius 1 is 1.11 bits per heavy atom. The summed E-state index contributed by atoms with van der Waals surface area (Å²) < 4.78 is 24.9. The third kappa shape index (κ3) is 6.61. The zero-order valence-electron chi connectivity index (χ0n) is 18.0. The summed E-state index contributed by atoms with van der Waals surface area (Å²) in [5.41, 5.74) is 1.41. The van der Waals surface area contributed by atoms with Gasteiger partial charge in [-0.3, -0.25) is 4.79 Å². The molecule has 0 aliphatic heterocycles. The monoisotopic (exact) mass is 414 g/mol. The molecule has 6 nitrogen and oxygen atoms in total. The third-order valence-electron chi connectivity index (χ3n) is 5.10. The topological polar surface area (TPSA) is 80.7 Å². The molecular weight excluding hydrogens is 379 g/mol. The normalized spacial score (nSPS) is 14.6. The Hall–Kier alpha value is -1.35. The number of ether oxygens (including phenoxy) is 1. The maximum absolute atomic E-state index is 12.8. The molecule has 160 valence electrons. The van der Waals surface area contributed by atoms with Crippen molar-refractivity contribution in [2.75, 3.05) is 18.5 Å². The maximum atomic E-state index is 12.8. The van der Waals surface area contributed by atoms with E-state index in [1.165, 1.54) is 12.1 Å². The van der Waals surface area contributed by atoms with Crippen molar-refractivity contribution in [3.63, 3.8) is 0 Å². The lowest BCUT2D eigenvalue weighted by atomic mass is 10.3. The second kappa shape index (κ2) is 11.0. The first-order valence-electron chi connectivity index (χ1n) is 9.86. The first-order chi connectivity index (χ1) is 13.0. The number of nitrogens with one attached hydrogen (secondary N) is 1. The lowest BCUT2D eigenvalue weighted by Gasteiger charge is -2.42. The van der Waals surface area contributed by atoms with Crippen LogP contribution < -0.4 is 5.32 Å². The van der Waals surface area contributed by atoms with Gasteiger partial charge in [0.2, 0.25) is 0 Å². The molecule has 1 aromatic rings. The van der Waals surface area contributed by atoms with E-state index in [1.54, 1.807) is 0 Å². The highest BCUT2D eigenvalue weighted by molar-refractivity contribution is 6.77. The number of anilines is 1. The molecule has 0 saturated carbocycles. The Bertz CT molecular complexity index is 589. The Morgan fingerprint density at radius 2 is 1.68 bits per heavy atom. The van der Waals surface area contributed by atoms with Crippen molar-refractivity contribution in [3.8, 4) is 0 Å². The van der Waals surface area contributed by atoms with Crippen molar-refractivity contribution < 1.29 is 23.5 Å². The number of carbonyl (C=O) groups is 1. The van der Waals surface area contributed by atoms with Gasteiger partial charge in [0.15, 0.2) is 14.4 Å². The number of aromatic nitrogens is 1. The smallest absolute Gasteiger partial charge is 0.256 e. The minimum atomic E-state index is -1.98. The predicted octanol–water partition coefficient (Wildman–Crippen LogP) is 4.12. The summed E-state index contributed by atoms with van der Waals surface area (Å²) in [6.45, 7) is 15.4. The number of halogens is 1. The summed E-state index contributed by atoms with van der Waals surface area (Å²) in [7, 11) is -1.98. The van der Waals surface area contributed by atoms with Gasteiger partial charge in [0.25, 0.3) is 5.91 Å². The minimum Gasteiger partial charge on any atom is -0.413 e. The summed E-state index contributed by atoms with van der Waals surface area (Å²) in [4.78, 5) is 15.7. The van der Waals surface area contributed by atoms with Crippen LogP contribution >= 0.6 is 0 Å². The van der Waals surface area contributed by atoms with Crippen LogP contribution in [0, 0.1) is 5.82 Å². The molecule has 0 aliphatic rings. The van der Waals surface area contributed by atoms with E-state index >= 15 is 0 Å². The van der Waals surface area contributed by atoms with Crippen LogP contribution in [0.25, 0.3) is 0 Å². The number of carbonyl (C=O) groups excluding carboxylic acids is 1. The van der Waals surface area contributed by atoms with E-state index < -0.39 is 26.1 Å². The average molecular weight is 415 g/mol. The number of hydrogen-bond acceptors (Lipinski definition) is 5. The molecule has 0 bridgehead atoms. The van der Waals surface area contributed by atoms with E-state index in [0.29, 0.717) is 23.2 Å². The quantitative estimate of drug-likeness (QED) is 0.533. The van der Waals surface area contributed by atoms with Gasteiger partial charge < -0.3 is 19.6 Å². The number of nitrogens with zero attached hydrogens (tertiary/aromatic N) is 1. The molecule has 1 unspecified atom stereocenters. The molecule has 1 amide bonds. The summed E-state index contributed by atoms with van der Waals surface area (Å²) in [5.74, 6) is -0.981. The van der Waals surface area contributed by atoms with Crippen LogP contribution in [0.1, 0.15) is 48.5 Å². The Morgan fingerprint density at radius 3 is 2.14 bits per heavy atom. The standard InChI is InChI=1S/C20H35FN2O4Si/c1-13(2)28(14(3)4,15(5)6)27-11-16(7)26-12-18(24)20(25)23-19-9-8-17(21)10-22-19/h8-10,13-16,18,24H,11-12H2,1-7H3,(H,22,23,25)/t16-,18?/m0/s1. The molecule has 0 fully saturated rings. The van der Waals surface area contributed by atoms with Gasteiger partial charge in [0, 0.05) is 0 Å². The molecule has 0 radical (unpaired) electrons. The molecule has 2 N–H and O–H groups in total. The van der Waals surface area contributed by atoms with E-state index in [1.807, 2.05) is 6.92 Å². The Balaban J connectivity index is 2.53. The second-order valence-electron chi connectivity index (χ2n) is 8.14. The first-order valence-corrected chi connectivity index (χ1v) is 12.0. The van der Waals surface area contributed by atoms with Gasteiger partial charge in [-0.2, -0.15) is 0 Å². The molecule has 1 aromatic heterocycles. The summed E-state index contributed by atoms with van der Waals surface area (Å²) in [6.07, 6.45) is -0.613. The lowest BCUT2D eigenvalue weighted by Crippen LogP contribution is -2.49. The molecule has 1 heterocycles. The molecule has 28 heavy (non-hydrogen) atoms. The molecule has 0 spiro atoms. The molecule has 0 aromatic carbocycles. The number of amides is 1. The van der Waals surface area contributed by atoms with Gasteiger partial charge in [-0.15, -0.1) is 0 Å². The highest BCUT2D eigenvalue weighted by Crippen LogP contribution is 2.42. The number of rotatable bonds is 11. The van der Waals surface area contributed by atoms with Crippen molar-refractivity contribution in [2.45, 2.75) is 77.3 Å². The predicted molar refractivity (Wildman–Crippen MR) is 111 cm³/mol. The fourth-order valence-electron chi connectivity index (χ4n) is 3.80. The van der Waals surface area contributed by atoms with E-state index in [2.05, 4.69) is 51.8 Å². The maximum Gasteiger partial charge on any atom is 0.256 e. The van der Waals surface area contributed by atoms with Crippen LogP contribution in [0.5, 0.6) is 0 Å². The number of hydrogen-bond donors (Lipinski definition) is 2. The largest absolute Gasteiger partial charge is 0.413 e. The van der Waals surface area contributed by atoms with Gasteiger partial charge in [0.1, 0.15) is 11.6 Å². The Kier molecular flexibility index (Phi) is 9.69. The van der Waals surface area contributed by atoms with Crippen molar-refractivity contribution in [1.82, 2.24) is 4.98 Å². The average Bonchev–Trinajstić information content (AvgIpc) is 2.61. The van der Waals surface area contributed by atoms with Gasteiger partial charge in [-0.25, -0.2) is 9.37 Å². The number of aliphatic hydroxyl groups is 1. The van der Waals surface area contributed by atoms with Crippen molar-refractivity contribution in [1.29, 1.82) is 0 Å². The number of aliphatic hydroxyl groups excluding tert-OH is 1. The van der Waals surface area contributed by atoms with Crippen LogP contribution in [-0.4, -0.2) is 49.7 Å². The fraction of sp³-hybridized carbons (Fsp3) is 0.700. The molecule has 2 atom stereocenters. The van der Waals surface area contributed by atoms with Crippen LogP contribution in [0.3, 0.4) is 0 Å². The van der Waals surface area contributed by atoms with Crippen molar-refractivity contribution >= 4 is 20.0 Å². The van der Waals surface area contributed by atoms with Gasteiger partial charge in [0.05, 0.1) is 25.5 Å². The lowest BCUT2D eigenvalue weighted by molar-refractivity contribution is -0.128. The second-order valence-corrected chi connectivity index (χ2v) is 13.6. The zero-order valence-corrected chi connectivity index (χ0v) is 19.0. The Labute approximate surface area is 169 Å². The van der Waals surface area contributed by atoms with Crippen molar-refractivity contribution in [3.05, 3.63) is 24.1 Å². The van der Waals surface area contributed by atoms with Gasteiger partial charge in [-0.1, -0.05) is 41.5 Å². The van der Waals surface area contributed by atoms with Crippen LogP contribution in [0.2, 0.25) is 16.6 Å². The third-order valence-corrected chi connectivity index (χ3v) is 11.2. The van der Waals surface area contributed by atoms with Gasteiger partial charge in [-0.05, 0) is 35.7 Å². The number of pyridine rings is 1. The molecular formula is C20H35FN2O4Si. The summed E-state index contributed by atoms with van der Waals surface area (Å²) in [5, 5.41) is 12.4. The van der Waals surface area contributed by atoms with E-state index in [0.717, 1.165) is 6.20 Å². The summed E-state index contributed by atoms with van der Waals surface area (Å²) in [6, 6.07) is 2.50. The van der Waals surface area contributed by atoms with Crippen LogP contribution in [-0.2, 0) is 14.0 Å².